The predicted octanol–water partition coefficient (Wildman–Crippen LogP) is 7.67. The molecule has 196 valence electrons. The summed E-state index contributed by atoms with van der Waals surface area (Å²) in [6.07, 6.45) is 6.14. The van der Waals surface area contributed by atoms with E-state index >= 15 is 0 Å². The highest BCUT2D eigenvalue weighted by Gasteiger charge is 2.27. The van der Waals surface area contributed by atoms with Crippen LogP contribution >= 0.6 is 0 Å². The topological polar surface area (TPSA) is 44.7 Å². The Morgan fingerprint density at radius 3 is 2.28 bits per heavy atom. The minimum atomic E-state index is -3.02. The lowest BCUT2D eigenvalue weighted by atomic mass is 9.92. The molecule has 0 atom stereocenters. The van der Waals surface area contributed by atoms with Gasteiger partial charge in [-0.25, -0.2) is 8.78 Å². The predicted molar refractivity (Wildman–Crippen MR) is 150 cm³/mol. The van der Waals surface area contributed by atoms with Crippen LogP contribution in [0.3, 0.4) is 0 Å². The van der Waals surface area contributed by atoms with Gasteiger partial charge in [-0.1, -0.05) is 71.2 Å². The maximum absolute atomic E-state index is 14.2. The van der Waals surface area contributed by atoms with E-state index in [0.717, 1.165) is 18.9 Å². The summed E-state index contributed by atoms with van der Waals surface area (Å²) in [5, 5.41) is 3.21. The second-order valence-corrected chi connectivity index (χ2v) is 10.2. The van der Waals surface area contributed by atoms with Crippen molar-refractivity contribution in [3.8, 4) is 0 Å². The second kappa shape index (κ2) is 12.6. The molecule has 0 aliphatic carbocycles. The Balaban J connectivity index is 3.61. The zero-order valence-corrected chi connectivity index (χ0v) is 23.1. The molecule has 36 heavy (non-hydrogen) atoms. The fraction of sp³-hybridized carbons (Fsp3) is 0.400. The summed E-state index contributed by atoms with van der Waals surface area (Å²) in [6.45, 7) is 22.9. The highest BCUT2D eigenvalue weighted by atomic mass is 19.3. The summed E-state index contributed by atoms with van der Waals surface area (Å²) in [4.78, 5) is 19.3. The van der Waals surface area contributed by atoms with Crippen molar-refractivity contribution < 1.29 is 13.6 Å². The Hall–Kier alpha value is -3.28. The summed E-state index contributed by atoms with van der Waals surface area (Å²) in [6, 6.07) is 4.39. The Labute approximate surface area is 215 Å². The van der Waals surface area contributed by atoms with Gasteiger partial charge in [0.25, 0.3) is 11.8 Å². The standard InChI is InChI=1S/C30H41F2N3O/c1-12-20(3)16-27(33-10)24-17-23(30(9,31)32)14-15-26(24)34-22(5)25(18-29(6,7)8)28(36)35(11)19-21(4)13-2/h13-18,34H,2,4-5,12,19H2,1,3,6-11H3/b20-16+,25-18-,33-27+. The summed E-state index contributed by atoms with van der Waals surface area (Å²) >= 11 is 0. The Morgan fingerprint density at radius 2 is 1.81 bits per heavy atom. The van der Waals surface area contributed by atoms with Gasteiger partial charge in [-0.15, -0.1) is 0 Å². The number of likely N-dealkylation sites (N-methyl/N-ethyl adjacent to an activating group) is 1. The first kappa shape index (κ1) is 30.8. The molecule has 0 radical (unpaired) electrons. The molecule has 0 saturated heterocycles. The van der Waals surface area contributed by atoms with Crippen molar-refractivity contribution in [3.63, 3.8) is 0 Å². The number of anilines is 1. The minimum absolute atomic E-state index is 0.124. The van der Waals surface area contributed by atoms with Crippen LogP contribution in [-0.2, 0) is 10.7 Å². The SMILES string of the molecule is C=CC(=C)CN(C)C(=O)/C(=C\C(C)(C)C)C(=C)Nc1ccc(C(C)(F)F)cc1C(/C=C(\C)CC)=N/C. The van der Waals surface area contributed by atoms with E-state index in [9.17, 15) is 13.6 Å². The van der Waals surface area contributed by atoms with Crippen molar-refractivity contribution in [2.45, 2.75) is 53.9 Å². The average molecular weight is 498 g/mol. The van der Waals surface area contributed by atoms with E-state index in [1.54, 1.807) is 31.1 Å². The van der Waals surface area contributed by atoms with Gasteiger partial charge >= 0.3 is 0 Å². The van der Waals surface area contributed by atoms with Gasteiger partial charge in [-0.2, -0.15) is 0 Å². The van der Waals surface area contributed by atoms with Gasteiger partial charge in [-0.3, -0.25) is 9.79 Å². The molecule has 0 heterocycles. The maximum Gasteiger partial charge on any atom is 0.270 e. The van der Waals surface area contributed by atoms with Gasteiger partial charge in [-0.05, 0) is 42.5 Å². The van der Waals surface area contributed by atoms with Gasteiger partial charge in [0, 0.05) is 50.1 Å². The highest BCUT2D eigenvalue weighted by Crippen LogP contribution is 2.32. The molecule has 4 nitrogen and oxygen atoms in total. The number of alkyl halides is 2. The van der Waals surface area contributed by atoms with Gasteiger partial charge < -0.3 is 10.2 Å². The highest BCUT2D eigenvalue weighted by molar-refractivity contribution is 6.13. The first-order valence-corrected chi connectivity index (χ1v) is 12.0. The van der Waals surface area contributed by atoms with Crippen LogP contribution in [0.4, 0.5) is 14.5 Å². The lowest BCUT2D eigenvalue weighted by Gasteiger charge is -2.25. The quantitative estimate of drug-likeness (QED) is 0.194. The number of hydrogen-bond donors (Lipinski definition) is 1. The number of carbonyl (C=O) groups is 1. The maximum atomic E-state index is 14.2. The van der Waals surface area contributed by atoms with E-state index in [2.05, 4.69) is 30.0 Å². The summed E-state index contributed by atoms with van der Waals surface area (Å²) < 4.78 is 28.4. The van der Waals surface area contributed by atoms with Crippen LogP contribution in [-0.4, -0.2) is 37.2 Å². The molecule has 1 rings (SSSR count). The summed E-state index contributed by atoms with van der Waals surface area (Å²) in [5.41, 5.74) is 3.65. The Morgan fingerprint density at radius 1 is 1.19 bits per heavy atom. The van der Waals surface area contributed by atoms with Crippen molar-refractivity contribution in [2.75, 3.05) is 26.0 Å². The Kier molecular flexibility index (Phi) is 10.8. The van der Waals surface area contributed by atoms with Crippen LogP contribution in [0.5, 0.6) is 0 Å². The first-order chi connectivity index (χ1) is 16.5. The van der Waals surface area contributed by atoms with E-state index in [1.165, 1.54) is 12.1 Å². The number of amides is 1. The van der Waals surface area contributed by atoms with Crippen LogP contribution < -0.4 is 5.32 Å². The molecule has 0 aromatic heterocycles. The molecular weight excluding hydrogens is 456 g/mol. The third kappa shape index (κ3) is 9.06. The smallest absolute Gasteiger partial charge is 0.270 e. The molecule has 0 aliphatic heterocycles. The van der Waals surface area contributed by atoms with Crippen LogP contribution in [0.1, 0.15) is 59.1 Å². The zero-order valence-electron chi connectivity index (χ0n) is 23.1. The summed E-state index contributed by atoms with van der Waals surface area (Å²) in [7, 11) is 3.31. The number of hydrogen-bond acceptors (Lipinski definition) is 3. The zero-order chi connectivity index (χ0) is 27.8. The molecule has 1 aromatic carbocycles. The van der Waals surface area contributed by atoms with Crippen LogP contribution in [0, 0.1) is 5.41 Å². The monoisotopic (exact) mass is 497 g/mol. The number of halogens is 2. The molecule has 0 spiro atoms. The van der Waals surface area contributed by atoms with Crippen molar-refractivity contribution in [1.29, 1.82) is 0 Å². The van der Waals surface area contributed by atoms with Crippen molar-refractivity contribution >= 4 is 17.3 Å². The molecule has 0 bridgehead atoms. The Bertz CT molecular complexity index is 1100. The van der Waals surface area contributed by atoms with Crippen LogP contribution in [0.15, 0.2) is 83.6 Å². The minimum Gasteiger partial charge on any atom is -0.355 e. The molecule has 0 aliphatic rings. The lowest BCUT2D eigenvalue weighted by Crippen LogP contribution is -2.31. The summed E-state index contributed by atoms with van der Waals surface area (Å²) in [5.74, 6) is -3.26. The third-order valence-corrected chi connectivity index (χ3v) is 5.48. The van der Waals surface area contributed by atoms with Gasteiger partial charge in [0.1, 0.15) is 0 Å². The molecule has 0 saturated carbocycles. The van der Waals surface area contributed by atoms with Crippen molar-refractivity contribution in [2.24, 2.45) is 10.4 Å². The average Bonchev–Trinajstić information content (AvgIpc) is 2.79. The van der Waals surface area contributed by atoms with E-state index in [1.807, 2.05) is 46.8 Å². The van der Waals surface area contributed by atoms with E-state index in [0.29, 0.717) is 40.4 Å². The molecular formula is C30H41F2N3O. The molecule has 1 amide bonds. The molecule has 0 fully saturated rings. The number of aliphatic imine (C=N–C) groups is 1. The fourth-order valence-electron chi connectivity index (χ4n) is 3.32. The van der Waals surface area contributed by atoms with Gasteiger partial charge in [0.15, 0.2) is 0 Å². The number of benzene rings is 1. The molecule has 1 aromatic rings. The van der Waals surface area contributed by atoms with Crippen molar-refractivity contribution in [1.82, 2.24) is 4.90 Å². The largest absolute Gasteiger partial charge is 0.355 e. The van der Waals surface area contributed by atoms with Crippen LogP contribution in [0.25, 0.3) is 0 Å². The van der Waals surface area contributed by atoms with Crippen LogP contribution in [0.2, 0.25) is 0 Å². The van der Waals surface area contributed by atoms with Gasteiger partial charge in [0.2, 0.25) is 0 Å². The fourth-order valence-corrected chi connectivity index (χ4v) is 3.32. The van der Waals surface area contributed by atoms with E-state index < -0.39 is 5.92 Å². The number of allylic oxidation sites excluding steroid dienone is 3. The van der Waals surface area contributed by atoms with E-state index in [-0.39, 0.29) is 16.9 Å². The normalized spacial score (nSPS) is 13.3. The number of nitrogens with one attached hydrogen (secondary N) is 1. The second-order valence-electron chi connectivity index (χ2n) is 10.2. The number of carbonyl (C=O) groups excluding carboxylic acids is 1. The molecule has 0 unspecified atom stereocenters. The third-order valence-electron chi connectivity index (χ3n) is 5.48. The van der Waals surface area contributed by atoms with Gasteiger partial charge in [0.05, 0.1) is 11.3 Å². The lowest BCUT2D eigenvalue weighted by molar-refractivity contribution is -0.125. The van der Waals surface area contributed by atoms with Crippen molar-refractivity contribution in [3.05, 3.63) is 89.7 Å². The molecule has 1 N–H and O–H groups in total. The first-order valence-electron chi connectivity index (χ1n) is 12.0. The number of nitrogens with zero attached hydrogens (tertiary/aromatic N) is 2. The molecule has 6 heteroatoms. The van der Waals surface area contributed by atoms with E-state index in [4.69, 9.17) is 0 Å². The number of rotatable bonds is 11.